The first-order valence-electron chi connectivity index (χ1n) is 6.91. The van der Waals surface area contributed by atoms with Gasteiger partial charge >= 0.3 is 5.97 Å². The van der Waals surface area contributed by atoms with Gasteiger partial charge in [0.2, 0.25) is 0 Å². The maximum absolute atomic E-state index is 12.1. The van der Waals surface area contributed by atoms with Crippen LogP contribution in [0.4, 0.5) is 11.4 Å². The fourth-order valence-electron chi connectivity index (χ4n) is 1.94. The smallest absolute Gasteiger partial charge is 0.335 e. The summed E-state index contributed by atoms with van der Waals surface area (Å²) in [6.07, 6.45) is 1.28. The standard InChI is InChI=1S/C17H11N3O5/c18-10-13(8-11-4-6-15(7-5-11)20(24)25)16(21)19-14-3-1-2-12(9-14)17(22)23/h1-9H,(H,19,21)(H,22,23). The number of nitro benzene ring substituents is 1. The van der Waals surface area contributed by atoms with Crippen molar-refractivity contribution in [3.8, 4) is 6.07 Å². The Hall–Kier alpha value is -3.99. The summed E-state index contributed by atoms with van der Waals surface area (Å²) >= 11 is 0. The first-order chi connectivity index (χ1) is 11.9. The number of carboxylic acids is 1. The first kappa shape index (κ1) is 17.4. The van der Waals surface area contributed by atoms with Crippen LogP contribution in [0.1, 0.15) is 15.9 Å². The van der Waals surface area contributed by atoms with E-state index in [4.69, 9.17) is 10.4 Å². The lowest BCUT2D eigenvalue weighted by Crippen LogP contribution is -2.13. The molecule has 0 bridgehead atoms. The van der Waals surface area contributed by atoms with Gasteiger partial charge in [-0.25, -0.2) is 4.79 Å². The molecule has 2 aromatic rings. The van der Waals surface area contributed by atoms with Crippen LogP contribution in [0.15, 0.2) is 54.1 Å². The Morgan fingerprint density at radius 2 is 1.88 bits per heavy atom. The number of nitro groups is 1. The highest BCUT2D eigenvalue weighted by Crippen LogP contribution is 2.16. The highest BCUT2D eigenvalue weighted by atomic mass is 16.6. The van der Waals surface area contributed by atoms with Crippen LogP contribution in [0.3, 0.4) is 0 Å². The number of benzene rings is 2. The van der Waals surface area contributed by atoms with Crippen molar-refractivity contribution in [3.63, 3.8) is 0 Å². The molecule has 0 aliphatic heterocycles. The van der Waals surface area contributed by atoms with Gasteiger partial charge in [0.05, 0.1) is 10.5 Å². The number of anilines is 1. The number of amides is 1. The predicted molar refractivity (Wildman–Crippen MR) is 88.7 cm³/mol. The third-order valence-corrected chi connectivity index (χ3v) is 3.15. The molecule has 0 fully saturated rings. The minimum absolute atomic E-state index is 0.00402. The fraction of sp³-hybridized carbons (Fsp3) is 0. The second-order valence-electron chi connectivity index (χ2n) is 4.86. The fourth-order valence-corrected chi connectivity index (χ4v) is 1.94. The van der Waals surface area contributed by atoms with Crippen LogP contribution in [0.25, 0.3) is 6.08 Å². The van der Waals surface area contributed by atoms with Crippen molar-refractivity contribution < 1.29 is 19.6 Å². The third kappa shape index (κ3) is 4.49. The van der Waals surface area contributed by atoms with Crippen LogP contribution >= 0.6 is 0 Å². The molecule has 124 valence electrons. The lowest BCUT2D eigenvalue weighted by Gasteiger charge is -2.05. The zero-order chi connectivity index (χ0) is 18.4. The average molecular weight is 337 g/mol. The molecule has 0 aromatic heterocycles. The van der Waals surface area contributed by atoms with E-state index in [0.717, 1.165) is 0 Å². The highest BCUT2D eigenvalue weighted by molar-refractivity contribution is 6.10. The molecular formula is C17H11N3O5. The summed E-state index contributed by atoms with van der Waals surface area (Å²) in [5.74, 6) is -1.86. The minimum Gasteiger partial charge on any atom is -0.478 e. The molecule has 0 aliphatic rings. The van der Waals surface area contributed by atoms with Gasteiger partial charge in [-0.05, 0) is 42.0 Å². The van der Waals surface area contributed by atoms with Gasteiger partial charge < -0.3 is 10.4 Å². The summed E-state index contributed by atoms with van der Waals surface area (Å²) in [7, 11) is 0. The minimum atomic E-state index is -1.14. The number of rotatable bonds is 5. The van der Waals surface area contributed by atoms with Gasteiger partial charge in [0, 0.05) is 17.8 Å². The van der Waals surface area contributed by atoms with Crippen molar-refractivity contribution in [2.75, 3.05) is 5.32 Å². The Bertz CT molecular complexity index is 911. The van der Waals surface area contributed by atoms with E-state index < -0.39 is 16.8 Å². The second kappa shape index (κ2) is 7.52. The Labute approximate surface area is 141 Å². The maximum Gasteiger partial charge on any atom is 0.335 e. The van der Waals surface area contributed by atoms with Gasteiger partial charge in [-0.15, -0.1) is 0 Å². The van der Waals surface area contributed by atoms with Crippen LogP contribution in [-0.4, -0.2) is 21.9 Å². The molecule has 8 nitrogen and oxygen atoms in total. The summed E-state index contributed by atoms with van der Waals surface area (Å²) in [6, 6.07) is 12.7. The Kier molecular flexibility index (Phi) is 5.22. The molecule has 0 saturated heterocycles. The van der Waals surface area contributed by atoms with E-state index in [-0.39, 0.29) is 22.5 Å². The average Bonchev–Trinajstić information content (AvgIpc) is 2.60. The van der Waals surface area contributed by atoms with Crippen molar-refractivity contribution in [1.29, 1.82) is 5.26 Å². The Morgan fingerprint density at radius 3 is 2.44 bits per heavy atom. The molecule has 0 spiro atoms. The van der Waals surface area contributed by atoms with Crippen LogP contribution < -0.4 is 5.32 Å². The number of nitrogens with one attached hydrogen (secondary N) is 1. The summed E-state index contributed by atoms with van der Waals surface area (Å²) in [5.41, 5.74) is 0.335. The number of carboxylic acid groups (broad SMARTS) is 1. The molecule has 0 saturated carbocycles. The molecule has 0 aliphatic carbocycles. The van der Waals surface area contributed by atoms with Crippen LogP contribution in [0, 0.1) is 21.4 Å². The number of nitrogens with zero attached hydrogens (tertiary/aromatic N) is 2. The number of nitriles is 1. The van der Waals surface area contributed by atoms with Gasteiger partial charge in [0.15, 0.2) is 0 Å². The summed E-state index contributed by atoms with van der Waals surface area (Å²) < 4.78 is 0. The van der Waals surface area contributed by atoms with Gasteiger partial charge in [-0.1, -0.05) is 6.07 Å². The van der Waals surface area contributed by atoms with E-state index >= 15 is 0 Å². The molecule has 0 unspecified atom stereocenters. The number of hydrogen-bond donors (Lipinski definition) is 2. The molecule has 0 radical (unpaired) electrons. The quantitative estimate of drug-likeness (QED) is 0.373. The number of hydrogen-bond acceptors (Lipinski definition) is 5. The number of aromatic carboxylic acids is 1. The second-order valence-corrected chi connectivity index (χ2v) is 4.86. The number of carbonyl (C=O) groups excluding carboxylic acids is 1. The van der Waals surface area contributed by atoms with Gasteiger partial charge in [0.1, 0.15) is 11.6 Å². The molecule has 0 heterocycles. The highest BCUT2D eigenvalue weighted by Gasteiger charge is 2.11. The normalized spacial score (nSPS) is 10.6. The number of carbonyl (C=O) groups is 2. The third-order valence-electron chi connectivity index (χ3n) is 3.15. The molecule has 2 rings (SSSR count). The predicted octanol–water partition coefficient (Wildman–Crippen LogP) is 2.84. The van der Waals surface area contributed by atoms with E-state index in [1.165, 1.54) is 54.6 Å². The van der Waals surface area contributed by atoms with Gasteiger partial charge in [0.25, 0.3) is 11.6 Å². The number of non-ortho nitro benzene ring substituents is 1. The summed E-state index contributed by atoms with van der Waals surface area (Å²) in [5, 5.41) is 31.1. The van der Waals surface area contributed by atoms with Crippen molar-refractivity contribution in [2.45, 2.75) is 0 Å². The topological polar surface area (TPSA) is 133 Å². The molecular weight excluding hydrogens is 326 g/mol. The van der Waals surface area contributed by atoms with E-state index in [2.05, 4.69) is 5.32 Å². The van der Waals surface area contributed by atoms with E-state index in [0.29, 0.717) is 5.56 Å². The molecule has 2 aromatic carbocycles. The molecule has 25 heavy (non-hydrogen) atoms. The van der Waals surface area contributed by atoms with E-state index in [1.807, 2.05) is 0 Å². The molecule has 8 heteroatoms. The SMILES string of the molecule is N#CC(=Cc1ccc([N+](=O)[O-])cc1)C(=O)Nc1cccc(C(=O)O)c1. The Balaban J connectivity index is 2.21. The largest absolute Gasteiger partial charge is 0.478 e. The van der Waals surface area contributed by atoms with Crippen LogP contribution in [0.2, 0.25) is 0 Å². The molecule has 1 amide bonds. The zero-order valence-electron chi connectivity index (χ0n) is 12.7. The molecule has 0 atom stereocenters. The van der Waals surface area contributed by atoms with Crippen molar-refractivity contribution >= 4 is 29.3 Å². The Morgan fingerprint density at radius 1 is 1.20 bits per heavy atom. The van der Waals surface area contributed by atoms with E-state index in [1.54, 1.807) is 6.07 Å². The first-order valence-corrected chi connectivity index (χ1v) is 6.91. The summed E-state index contributed by atoms with van der Waals surface area (Å²) in [6.45, 7) is 0. The van der Waals surface area contributed by atoms with Crippen molar-refractivity contribution in [2.24, 2.45) is 0 Å². The zero-order valence-corrected chi connectivity index (χ0v) is 12.7. The van der Waals surface area contributed by atoms with Gasteiger partial charge in [-0.2, -0.15) is 5.26 Å². The van der Waals surface area contributed by atoms with Crippen LogP contribution in [0.5, 0.6) is 0 Å². The lowest BCUT2D eigenvalue weighted by molar-refractivity contribution is -0.384. The lowest BCUT2D eigenvalue weighted by atomic mass is 10.1. The molecule has 2 N–H and O–H groups in total. The van der Waals surface area contributed by atoms with Gasteiger partial charge in [-0.3, -0.25) is 14.9 Å². The van der Waals surface area contributed by atoms with Crippen molar-refractivity contribution in [3.05, 3.63) is 75.3 Å². The maximum atomic E-state index is 12.1. The monoisotopic (exact) mass is 337 g/mol. The van der Waals surface area contributed by atoms with Crippen molar-refractivity contribution in [1.82, 2.24) is 0 Å². The van der Waals surface area contributed by atoms with Crippen LogP contribution in [-0.2, 0) is 4.79 Å². The summed E-state index contributed by atoms with van der Waals surface area (Å²) in [4.78, 5) is 33.1. The van der Waals surface area contributed by atoms with E-state index in [9.17, 15) is 19.7 Å².